The molecule has 4 aliphatic rings. The minimum absolute atomic E-state index is 0.0454. The number of carbonyl (C=O) groups excluding carboxylic acids is 4. The predicted molar refractivity (Wildman–Crippen MR) is 151 cm³/mol. The Hall–Kier alpha value is -3.99. The van der Waals surface area contributed by atoms with Gasteiger partial charge in [-0.05, 0) is 62.1 Å². The number of hydrogen-bond acceptors (Lipinski definition) is 9. The summed E-state index contributed by atoms with van der Waals surface area (Å²) in [5, 5.41) is 2.22. The van der Waals surface area contributed by atoms with Crippen LogP contribution in [0, 0.1) is 5.92 Å². The molecule has 4 heterocycles. The Labute approximate surface area is 239 Å². The SMILES string of the molecule is CCN(CC1CCN(c2ccc(N)cn2)CC1)C1CC(Oc2ccc3c(c2)C(=O)N(C2CCC(=O)NC2=O)C3=O)C1. The average Bonchev–Trinajstić information content (AvgIpc) is 3.19. The Morgan fingerprint density at radius 1 is 1.02 bits per heavy atom. The van der Waals surface area contributed by atoms with Gasteiger partial charge in [-0.2, -0.15) is 0 Å². The van der Waals surface area contributed by atoms with Crippen molar-refractivity contribution < 1.29 is 23.9 Å². The van der Waals surface area contributed by atoms with Crippen LogP contribution in [0.3, 0.4) is 0 Å². The number of hydrogen-bond donors (Lipinski definition) is 2. The van der Waals surface area contributed by atoms with Gasteiger partial charge in [-0.3, -0.25) is 29.4 Å². The number of rotatable bonds is 8. The van der Waals surface area contributed by atoms with Crippen LogP contribution in [0.4, 0.5) is 11.5 Å². The molecule has 1 aromatic carbocycles. The number of nitrogens with two attached hydrogens (primary N) is 1. The molecule has 0 bridgehead atoms. The quantitative estimate of drug-likeness (QED) is 0.466. The molecule has 0 spiro atoms. The number of nitrogens with one attached hydrogen (secondary N) is 1. The maximum atomic E-state index is 13.1. The molecule has 11 heteroatoms. The Morgan fingerprint density at radius 3 is 2.46 bits per heavy atom. The lowest BCUT2D eigenvalue weighted by molar-refractivity contribution is -0.136. The van der Waals surface area contributed by atoms with Crippen molar-refractivity contribution in [3.05, 3.63) is 47.7 Å². The molecular weight excluding hydrogens is 524 g/mol. The largest absolute Gasteiger partial charge is 0.490 e. The lowest BCUT2D eigenvalue weighted by Gasteiger charge is -2.44. The van der Waals surface area contributed by atoms with Crippen LogP contribution in [0.1, 0.15) is 66.2 Å². The van der Waals surface area contributed by atoms with Crippen LogP contribution >= 0.6 is 0 Å². The molecule has 3 fully saturated rings. The number of aromatic nitrogens is 1. The van der Waals surface area contributed by atoms with E-state index >= 15 is 0 Å². The first-order chi connectivity index (χ1) is 19.8. The number of pyridine rings is 1. The second-order valence-electron chi connectivity index (χ2n) is 11.5. The molecule has 1 unspecified atom stereocenters. The summed E-state index contributed by atoms with van der Waals surface area (Å²) >= 11 is 0. The minimum atomic E-state index is -0.974. The van der Waals surface area contributed by atoms with E-state index in [1.165, 1.54) is 0 Å². The highest BCUT2D eigenvalue weighted by Crippen LogP contribution is 2.35. The van der Waals surface area contributed by atoms with Crippen LogP contribution < -0.4 is 20.7 Å². The standard InChI is InChI=1S/C30H36N6O5/c1-2-34(17-18-9-11-35(12-10-18)26-7-3-19(31)16-32-26)20-13-22(14-20)41-21-4-5-23-24(15-21)30(40)36(29(23)39)25-6-8-27(37)33-28(25)38/h3-5,7,15-16,18,20,22,25H,2,6,8-14,17,31H2,1H3,(H,33,37,38). The van der Waals surface area contributed by atoms with E-state index in [4.69, 9.17) is 10.5 Å². The zero-order valence-corrected chi connectivity index (χ0v) is 23.3. The van der Waals surface area contributed by atoms with E-state index in [1.807, 2.05) is 12.1 Å². The van der Waals surface area contributed by atoms with Gasteiger partial charge in [-0.15, -0.1) is 0 Å². The number of anilines is 2. The number of carbonyl (C=O) groups is 4. The smallest absolute Gasteiger partial charge is 0.262 e. The van der Waals surface area contributed by atoms with Crippen molar-refractivity contribution in [3.8, 4) is 5.75 Å². The van der Waals surface area contributed by atoms with Gasteiger partial charge >= 0.3 is 0 Å². The maximum absolute atomic E-state index is 13.1. The molecule has 41 heavy (non-hydrogen) atoms. The highest BCUT2D eigenvalue weighted by atomic mass is 16.5. The summed E-state index contributed by atoms with van der Waals surface area (Å²) in [6.45, 7) is 6.26. The molecule has 4 amide bonds. The van der Waals surface area contributed by atoms with Crippen molar-refractivity contribution in [2.45, 2.75) is 63.6 Å². The Balaban J connectivity index is 1.000. The molecule has 1 atom stereocenters. The molecule has 1 aromatic heterocycles. The summed E-state index contributed by atoms with van der Waals surface area (Å²) in [7, 11) is 0. The number of fused-ring (bicyclic) bond motifs is 1. The zero-order valence-electron chi connectivity index (χ0n) is 23.3. The second-order valence-corrected chi connectivity index (χ2v) is 11.5. The third-order valence-corrected chi connectivity index (χ3v) is 8.91. The average molecular weight is 561 g/mol. The van der Waals surface area contributed by atoms with Crippen molar-refractivity contribution in [2.24, 2.45) is 5.92 Å². The van der Waals surface area contributed by atoms with Gasteiger partial charge in [0.15, 0.2) is 0 Å². The molecule has 11 nitrogen and oxygen atoms in total. The van der Waals surface area contributed by atoms with Crippen LogP contribution in [0.5, 0.6) is 5.75 Å². The third-order valence-electron chi connectivity index (χ3n) is 8.91. The van der Waals surface area contributed by atoms with Gasteiger partial charge in [0.2, 0.25) is 11.8 Å². The van der Waals surface area contributed by atoms with Gasteiger partial charge in [0, 0.05) is 44.9 Å². The lowest BCUT2D eigenvalue weighted by atomic mass is 9.86. The Morgan fingerprint density at radius 2 is 1.78 bits per heavy atom. The van der Waals surface area contributed by atoms with E-state index in [9.17, 15) is 19.2 Å². The fourth-order valence-electron chi connectivity index (χ4n) is 6.45. The molecule has 2 saturated heterocycles. The van der Waals surface area contributed by atoms with E-state index in [1.54, 1.807) is 24.4 Å². The summed E-state index contributed by atoms with van der Waals surface area (Å²) in [6, 6.07) is 8.30. The molecular formula is C30H36N6O5. The summed E-state index contributed by atoms with van der Waals surface area (Å²) < 4.78 is 6.21. The highest BCUT2D eigenvalue weighted by molar-refractivity contribution is 6.23. The first-order valence-electron chi connectivity index (χ1n) is 14.5. The van der Waals surface area contributed by atoms with E-state index < -0.39 is 29.7 Å². The number of imide groups is 2. The molecule has 3 N–H and O–H groups in total. The molecule has 2 aromatic rings. The van der Waals surface area contributed by atoms with Gasteiger partial charge < -0.3 is 20.3 Å². The Bertz CT molecular complexity index is 1350. The maximum Gasteiger partial charge on any atom is 0.262 e. The summed E-state index contributed by atoms with van der Waals surface area (Å²) in [5.41, 5.74) is 6.95. The van der Waals surface area contributed by atoms with Gasteiger partial charge in [-0.1, -0.05) is 6.92 Å². The van der Waals surface area contributed by atoms with E-state index in [-0.39, 0.29) is 30.1 Å². The number of nitrogens with zero attached hydrogens (tertiary/aromatic N) is 4. The van der Waals surface area contributed by atoms with Crippen LogP contribution in [0.25, 0.3) is 0 Å². The van der Waals surface area contributed by atoms with Crippen molar-refractivity contribution in [3.63, 3.8) is 0 Å². The van der Waals surface area contributed by atoms with E-state index in [2.05, 4.69) is 27.0 Å². The molecule has 3 aliphatic heterocycles. The molecule has 1 aliphatic carbocycles. The van der Waals surface area contributed by atoms with Crippen LogP contribution in [0.15, 0.2) is 36.5 Å². The molecule has 1 saturated carbocycles. The van der Waals surface area contributed by atoms with Crippen molar-refractivity contribution in [2.75, 3.05) is 36.8 Å². The van der Waals surface area contributed by atoms with Crippen molar-refractivity contribution in [1.29, 1.82) is 0 Å². The monoisotopic (exact) mass is 560 g/mol. The molecule has 6 rings (SSSR count). The number of benzene rings is 1. The highest BCUT2D eigenvalue weighted by Gasteiger charge is 2.45. The van der Waals surface area contributed by atoms with Crippen LogP contribution in [0.2, 0.25) is 0 Å². The summed E-state index contributed by atoms with van der Waals surface area (Å²) in [5.74, 6) is 0.146. The fraction of sp³-hybridized carbons (Fsp3) is 0.500. The first-order valence-corrected chi connectivity index (χ1v) is 14.5. The summed E-state index contributed by atoms with van der Waals surface area (Å²) in [6.07, 6.45) is 6.07. The zero-order chi connectivity index (χ0) is 28.7. The Kier molecular flexibility index (Phi) is 7.37. The minimum Gasteiger partial charge on any atom is -0.490 e. The first kappa shape index (κ1) is 27.2. The van der Waals surface area contributed by atoms with E-state index in [0.717, 1.165) is 62.6 Å². The third kappa shape index (κ3) is 5.38. The van der Waals surface area contributed by atoms with Gasteiger partial charge in [0.25, 0.3) is 11.8 Å². The normalized spacial score (nSPS) is 24.9. The second kappa shape index (κ2) is 11.1. The predicted octanol–water partition coefficient (Wildman–Crippen LogP) is 2.21. The van der Waals surface area contributed by atoms with Gasteiger partial charge in [0.1, 0.15) is 23.7 Å². The van der Waals surface area contributed by atoms with Crippen LogP contribution in [-0.2, 0) is 9.59 Å². The molecule has 0 radical (unpaired) electrons. The van der Waals surface area contributed by atoms with Crippen LogP contribution in [-0.4, -0.2) is 82.8 Å². The topological polar surface area (TPSA) is 138 Å². The van der Waals surface area contributed by atoms with Crippen molar-refractivity contribution >= 4 is 35.1 Å². The van der Waals surface area contributed by atoms with E-state index in [0.29, 0.717) is 23.4 Å². The van der Waals surface area contributed by atoms with Gasteiger partial charge in [0.05, 0.1) is 23.0 Å². The number of amides is 4. The number of ether oxygens (including phenoxy) is 1. The van der Waals surface area contributed by atoms with Crippen molar-refractivity contribution in [1.82, 2.24) is 20.1 Å². The number of piperidine rings is 2. The molecule has 216 valence electrons. The fourth-order valence-corrected chi connectivity index (χ4v) is 6.45. The number of nitrogen functional groups attached to an aromatic ring is 1. The lowest BCUT2D eigenvalue weighted by Crippen LogP contribution is -2.54. The summed E-state index contributed by atoms with van der Waals surface area (Å²) in [4.78, 5) is 60.2. The van der Waals surface area contributed by atoms with Gasteiger partial charge in [-0.25, -0.2) is 4.98 Å².